The van der Waals surface area contributed by atoms with Crippen LogP contribution in [0.3, 0.4) is 0 Å². The van der Waals surface area contributed by atoms with Crippen molar-refractivity contribution in [2.45, 2.75) is 0 Å². The molecule has 22 valence electrons. The molecule has 0 aromatic carbocycles. The van der Waals surface area contributed by atoms with Crippen LogP contribution >= 0.6 is 0 Å². The van der Waals surface area contributed by atoms with Crippen LogP contribution in [0.2, 0.25) is 0 Å². The van der Waals surface area contributed by atoms with Gasteiger partial charge in [0.2, 0.25) is 0 Å². The molecule has 0 rings (SSSR count). The Kier molecular flexibility index (Phi) is 209. The second-order valence-corrected chi connectivity index (χ2v) is 0. The molecule has 6 heteroatoms. The van der Waals surface area contributed by atoms with Crippen LogP contribution in [0, 0.1) is 0 Å². The first kappa shape index (κ1) is 33.3. The molecule has 0 fully saturated rings. The van der Waals surface area contributed by atoms with E-state index in [4.69, 9.17) is 2.69 Å². The molecule has 0 unspecified atom stereocenters. The third-order valence-electron chi connectivity index (χ3n) is 0. The summed E-state index contributed by atoms with van der Waals surface area (Å²) in [5.41, 5.74) is 0. The van der Waals surface area contributed by atoms with Gasteiger partial charge in [0.05, 0.1) is 0 Å². The molecule has 0 spiro atoms. The summed E-state index contributed by atoms with van der Waals surface area (Å²) in [7, 11) is 0. The van der Waals surface area contributed by atoms with Crippen molar-refractivity contribution < 1.29 is 30.0 Å². The van der Waals surface area contributed by atoms with Crippen molar-refractivity contribution in [3.8, 4) is 0 Å². The number of rotatable bonds is 0. The summed E-state index contributed by atoms with van der Waals surface area (Å²) in [5, 5.41) is 0. The van der Waals surface area contributed by atoms with Crippen LogP contribution in [0.5, 0.6) is 0 Å². The molecule has 0 heterocycles. The van der Waals surface area contributed by atoms with Gasteiger partial charge in [-0.15, -0.1) is 0 Å². The Hall–Kier alpha value is 3.69. The maximum atomic E-state index is 8.39. The van der Waals surface area contributed by atoms with E-state index in [0.29, 0.717) is 0 Å². The molecule has 0 bridgehead atoms. The normalized spacial score (nSPS) is 0.667. The average Bonchev–Trinajstić information content (AvgIpc) is 1.00. The number of hydrogen-bond acceptors (Lipinski definition) is 1. The molecular weight excluding hydrogens is 593 g/mol. The van der Waals surface area contributed by atoms with Crippen LogP contribution in [0.4, 0.5) is 0 Å². The first-order valence-corrected chi connectivity index (χ1v) is 1.79. The van der Waals surface area contributed by atoms with Gasteiger partial charge in [0.15, 0.2) is 0 Å². The van der Waals surface area contributed by atoms with Gasteiger partial charge in [0.25, 0.3) is 0 Å². The predicted octanol–water partition coefficient (Wildman–Crippen LogP) is -1.64. The Morgan fingerprint density at radius 2 is 1.17 bits per heavy atom. The van der Waals surface area contributed by atoms with Gasteiger partial charge in [-0.05, 0) is 0 Å². The van der Waals surface area contributed by atoms with Crippen LogP contribution in [0.15, 0.2) is 0 Å². The second kappa shape index (κ2) is 37.7. The van der Waals surface area contributed by atoms with Gasteiger partial charge in [0, 0.05) is 90.5 Å². The molecule has 6 heavy (non-hydrogen) atoms. The van der Waals surface area contributed by atoms with E-state index in [0.717, 1.165) is 0 Å². The summed E-state index contributed by atoms with van der Waals surface area (Å²) in [6, 6.07) is 0. The summed E-state index contributed by atoms with van der Waals surface area (Å²) in [4.78, 5) is 0. The van der Waals surface area contributed by atoms with Crippen molar-refractivity contribution >= 4 is 89.0 Å². The van der Waals surface area contributed by atoms with E-state index in [1.807, 2.05) is 0 Å². The molecule has 0 aromatic heterocycles. The minimum absolute atomic E-state index is 0. The van der Waals surface area contributed by atoms with Gasteiger partial charge in [-0.3, -0.25) is 0 Å². The summed E-state index contributed by atoms with van der Waals surface area (Å²) < 4.78 is 8.39. The van der Waals surface area contributed by atoms with Crippen molar-refractivity contribution in [1.82, 2.24) is 0 Å². The molecule has 1 nitrogen and oxygen atoms in total. The van der Waals surface area contributed by atoms with Crippen LogP contribution < -0.4 is 0 Å². The van der Waals surface area contributed by atoms with E-state index in [2.05, 4.69) is 0 Å². The van der Waals surface area contributed by atoms with Crippen molar-refractivity contribution in [2.75, 3.05) is 0 Å². The fourth-order valence-corrected chi connectivity index (χ4v) is 0. The van der Waals surface area contributed by atoms with Gasteiger partial charge in [-0.2, -0.15) is 0 Å². The van der Waals surface area contributed by atoms with Crippen LogP contribution in [0.1, 0.15) is 0 Å². The summed E-state index contributed by atoms with van der Waals surface area (Å²) in [6.07, 6.45) is 0. The SMILES string of the molecule is [Cd].[Ga].[Ge].[In].[O]=[Pb]. The van der Waals surface area contributed by atoms with Crippen LogP contribution in [0.25, 0.3) is 0 Å². The molecule has 0 saturated heterocycles. The van der Waals surface area contributed by atoms with Gasteiger partial charge in [0.1, 0.15) is 0 Å². The second-order valence-electron chi connectivity index (χ2n) is 0. The Balaban J connectivity index is -0.000000000833. The predicted molar refractivity (Wildman–Crippen MR) is 23.7 cm³/mol. The molecular formula is CdGaGeInOPb. The number of hydrogen-bond donors (Lipinski definition) is 0. The molecule has 0 aromatic rings. The Morgan fingerprint density at radius 1 is 1.17 bits per heavy atom. The minimum atomic E-state index is 0. The van der Waals surface area contributed by atoms with Crippen LogP contribution in [-0.2, 0) is 30.0 Å². The van der Waals surface area contributed by atoms with Crippen LogP contribution in [-0.4, -0.2) is 89.0 Å². The van der Waals surface area contributed by atoms with Crippen molar-refractivity contribution in [3.05, 3.63) is 0 Å². The summed E-state index contributed by atoms with van der Waals surface area (Å²) in [6.45, 7) is 0. The third-order valence-corrected chi connectivity index (χ3v) is 0. The molecule has 0 saturated carbocycles. The third kappa shape index (κ3) is 25.3. The molecule has 0 aliphatic carbocycles. The first-order valence-electron chi connectivity index (χ1n) is 0.204. The van der Waals surface area contributed by atoms with E-state index >= 15 is 0 Å². The molecule has 0 atom stereocenters. The zero-order chi connectivity index (χ0) is 2.00. The van der Waals surface area contributed by atoms with E-state index in [-0.39, 0.29) is 116 Å². The van der Waals surface area contributed by atoms with E-state index < -0.39 is 0 Å². The molecule has 0 N–H and O–H groups in total. The fraction of sp³-hybridized carbons (Fsp3) is 0. The summed E-state index contributed by atoms with van der Waals surface area (Å²) >= 11 is 0.0556. The fourth-order valence-electron chi connectivity index (χ4n) is 0. The van der Waals surface area contributed by atoms with E-state index in [1.54, 1.807) is 0 Å². The van der Waals surface area contributed by atoms with Gasteiger partial charge >= 0.3 is 28.5 Å². The zero-order valence-electron chi connectivity index (χ0n) is 3.27. The van der Waals surface area contributed by atoms with Crippen molar-refractivity contribution in [2.24, 2.45) is 0 Å². The van der Waals surface area contributed by atoms with E-state index in [9.17, 15) is 0 Å². The Morgan fingerprint density at radius 3 is 1.17 bits per heavy atom. The Bertz CT molecular complexity index is 15.5. The average molecular weight is 593 g/mol. The molecule has 0 aliphatic heterocycles. The Labute approximate surface area is 116 Å². The monoisotopic (exact) mass is 596 g/mol. The standard InChI is InChI=1S/Cd.Ga.Ge.In.O.Pb. The topological polar surface area (TPSA) is 17.1 Å². The van der Waals surface area contributed by atoms with E-state index in [1.165, 1.54) is 0 Å². The zero-order valence-corrected chi connectivity index (χ0v) is 19.0. The van der Waals surface area contributed by atoms with Gasteiger partial charge in [-0.25, -0.2) is 0 Å². The summed E-state index contributed by atoms with van der Waals surface area (Å²) in [5.74, 6) is 0. The van der Waals surface area contributed by atoms with Crippen molar-refractivity contribution in [1.29, 1.82) is 0 Å². The van der Waals surface area contributed by atoms with Gasteiger partial charge in [-0.1, -0.05) is 0 Å². The van der Waals surface area contributed by atoms with Gasteiger partial charge < -0.3 is 0 Å². The quantitative estimate of drug-likeness (QED) is 0.309. The molecule has 0 amide bonds. The maximum absolute atomic E-state index is 8.39. The first-order chi connectivity index (χ1) is 1.00. The molecule has 12 radical (unpaired) electrons. The molecule has 0 aliphatic rings. The van der Waals surface area contributed by atoms with Crippen molar-refractivity contribution in [3.63, 3.8) is 0 Å².